The monoisotopic (exact) mass is 411 g/mol. The minimum absolute atomic E-state index is 0.381. The Hall–Kier alpha value is -2.71. The molecule has 8 nitrogen and oxygen atoms in total. The summed E-state index contributed by atoms with van der Waals surface area (Å²) in [5.74, 6) is 0.645. The van der Waals surface area contributed by atoms with Gasteiger partial charge in [-0.1, -0.05) is 11.6 Å². The highest BCUT2D eigenvalue weighted by molar-refractivity contribution is 6.29. The average Bonchev–Trinajstić information content (AvgIpc) is 3.33. The molecule has 0 radical (unpaired) electrons. The van der Waals surface area contributed by atoms with Crippen molar-refractivity contribution in [2.75, 3.05) is 11.9 Å². The summed E-state index contributed by atoms with van der Waals surface area (Å²) < 4.78 is 7.35. The highest BCUT2D eigenvalue weighted by Crippen LogP contribution is 2.28. The predicted octanol–water partition coefficient (Wildman–Crippen LogP) is 4.08. The molecule has 1 aliphatic rings. The summed E-state index contributed by atoms with van der Waals surface area (Å²) in [5, 5.41) is 9.45. The summed E-state index contributed by atoms with van der Waals surface area (Å²) in [4.78, 5) is 16.6. The summed E-state index contributed by atoms with van der Waals surface area (Å²) in [5.41, 5.74) is 3.19. The molecule has 1 fully saturated rings. The quantitative estimate of drug-likeness (QED) is 0.514. The number of halogens is 1. The van der Waals surface area contributed by atoms with Crippen molar-refractivity contribution < 1.29 is 4.74 Å². The number of rotatable bonds is 5. The highest BCUT2D eigenvalue weighted by Gasteiger charge is 2.22. The Morgan fingerprint density at radius 1 is 1.21 bits per heavy atom. The average molecular weight is 412 g/mol. The first kappa shape index (κ1) is 18.3. The van der Waals surface area contributed by atoms with Crippen molar-refractivity contribution >= 4 is 34.2 Å². The maximum Gasteiger partial charge on any atom is 0.224 e. The van der Waals surface area contributed by atoms with Crippen LogP contribution in [0.1, 0.15) is 32.6 Å². The SMILES string of the molecule is CCOC1CCC(Nc2ncc3c(-c4ccc5ncc(Cl)n5n4)c[nH]c3n2)CC1. The number of imidazole rings is 1. The summed E-state index contributed by atoms with van der Waals surface area (Å²) in [7, 11) is 0. The van der Waals surface area contributed by atoms with Crippen molar-refractivity contribution in [3.63, 3.8) is 0 Å². The van der Waals surface area contributed by atoms with Crippen LogP contribution in [0.25, 0.3) is 27.9 Å². The Morgan fingerprint density at radius 3 is 2.90 bits per heavy atom. The van der Waals surface area contributed by atoms with E-state index in [1.54, 1.807) is 10.7 Å². The molecule has 0 unspecified atom stereocenters. The Balaban J connectivity index is 1.36. The van der Waals surface area contributed by atoms with E-state index in [-0.39, 0.29) is 0 Å². The summed E-state index contributed by atoms with van der Waals surface area (Å²) >= 11 is 6.15. The second kappa shape index (κ2) is 7.61. The van der Waals surface area contributed by atoms with E-state index in [9.17, 15) is 0 Å². The predicted molar refractivity (Wildman–Crippen MR) is 112 cm³/mol. The molecule has 0 aliphatic heterocycles. The maximum atomic E-state index is 6.15. The number of nitrogens with one attached hydrogen (secondary N) is 2. The molecule has 0 bridgehead atoms. The van der Waals surface area contributed by atoms with E-state index in [4.69, 9.17) is 16.3 Å². The van der Waals surface area contributed by atoms with Crippen LogP contribution in [0.2, 0.25) is 5.15 Å². The molecule has 150 valence electrons. The molecule has 4 aromatic heterocycles. The first-order chi connectivity index (χ1) is 14.2. The summed E-state index contributed by atoms with van der Waals surface area (Å²) in [6, 6.07) is 4.19. The Morgan fingerprint density at radius 2 is 2.07 bits per heavy atom. The van der Waals surface area contributed by atoms with Crippen molar-refractivity contribution in [1.82, 2.24) is 29.5 Å². The number of H-pyrrole nitrogens is 1. The number of hydrogen-bond acceptors (Lipinski definition) is 6. The smallest absolute Gasteiger partial charge is 0.224 e. The number of aromatic amines is 1. The van der Waals surface area contributed by atoms with Gasteiger partial charge in [-0.25, -0.2) is 14.5 Å². The zero-order valence-electron chi connectivity index (χ0n) is 16.1. The third-order valence-corrected chi connectivity index (χ3v) is 5.70. The van der Waals surface area contributed by atoms with Gasteiger partial charge < -0.3 is 15.0 Å². The fourth-order valence-corrected chi connectivity index (χ4v) is 4.14. The van der Waals surface area contributed by atoms with Crippen LogP contribution in [-0.4, -0.2) is 48.3 Å². The van der Waals surface area contributed by atoms with E-state index < -0.39 is 0 Å². The number of nitrogens with zero attached hydrogens (tertiary/aromatic N) is 5. The largest absolute Gasteiger partial charge is 0.379 e. The maximum absolute atomic E-state index is 6.15. The molecule has 1 saturated carbocycles. The standard InChI is InChI=1S/C20H22ClN7O/c1-2-29-13-5-3-12(4-6-13)25-20-24-10-15-14(9-23-19(15)26-20)16-7-8-18-22-11-17(21)28(18)27-16/h7-13H,2-6H2,1H3,(H2,23,24,25,26). The van der Waals surface area contributed by atoms with Gasteiger partial charge in [-0.3, -0.25) is 0 Å². The van der Waals surface area contributed by atoms with Gasteiger partial charge in [-0.05, 0) is 44.7 Å². The number of fused-ring (bicyclic) bond motifs is 2. The number of hydrogen-bond donors (Lipinski definition) is 2. The van der Waals surface area contributed by atoms with Crippen LogP contribution < -0.4 is 5.32 Å². The molecule has 0 saturated heterocycles. The molecule has 9 heteroatoms. The second-order valence-corrected chi connectivity index (χ2v) is 7.69. The lowest BCUT2D eigenvalue weighted by molar-refractivity contribution is 0.0346. The third kappa shape index (κ3) is 3.54. The van der Waals surface area contributed by atoms with Crippen LogP contribution in [0.4, 0.5) is 5.95 Å². The Bertz CT molecular complexity index is 1150. The van der Waals surface area contributed by atoms with Crippen molar-refractivity contribution in [2.45, 2.75) is 44.8 Å². The minimum atomic E-state index is 0.381. The zero-order valence-corrected chi connectivity index (χ0v) is 16.9. The van der Waals surface area contributed by atoms with Crippen LogP contribution in [0.5, 0.6) is 0 Å². The molecule has 2 N–H and O–H groups in total. The van der Waals surface area contributed by atoms with Crippen LogP contribution in [0.3, 0.4) is 0 Å². The van der Waals surface area contributed by atoms with Gasteiger partial charge in [0.05, 0.1) is 18.0 Å². The molecule has 1 aliphatic carbocycles. The van der Waals surface area contributed by atoms with Gasteiger partial charge in [-0.15, -0.1) is 0 Å². The van der Waals surface area contributed by atoms with Gasteiger partial charge in [0.15, 0.2) is 10.8 Å². The van der Waals surface area contributed by atoms with Gasteiger partial charge in [-0.2, -0.15) is 10.1 Å². The molecule has 5 rings (SSSR count). The van der Waals surface area contributed by atoms with Crippen LogP contribution in [-0.2, 0) is 4.74 Å². The topological polar surface area (TPSA) is 93.0 Å². The van der Waals surface area contributed by atoms with Gasteiger partial charge >= 0.3 is 0 Å². The molecule has 0 aromatic carbocycles. The number of ether oxygens (including phenoxy) is 1. The summed E-state index contributed by atoms with van der Waals surface area (Å²) in [6.45, 7) is 2.84. The minimum Gasteiger partial charge on any atom is -0.379 e. The van der Waals surface area contributed by atoms with E-state index in [1.165, 1.54) is 0 Å². The molecule has 0 atom stereocenters. The van der Waals surface area contributed by atoms with Gasteiger partial charge in [0.2, 0.25) is 5.95 Å². The van der Waals surface area contributed by atoms with Gasteiger partial charge in [0.25, 0.3) is 0 Å². The fourth-order valence-electron chi connectivity index (χ4n) is 3.97. The van der Waals surface area contributed by atoms with E-state index in [2.05, 4.69) is 37.3 Å². The molecule has 0 amide bonds. The van der Waals surface area contributed by atoms with Gasteiger partial charge in [0, 0.05) is 36.0 Å². The lowest BCUT2D eigenvalue weighted by Gasteiger charge is -2.28. The van der Waals surface area contributed by atoms with E-state index >= 15 is 0 Å². The first-order valence-electron chi connectivity index (χ1n) is 9.94. The second-order valence-electron chi connectivity index (χ2n) is 7.30. The lowest BCUT2D eigenvalue weighted by atomic mass is 9.93. The van der Waals surface area contributed by atoms with E-state index in [0.29, 0.717) is 28.9 Å². The van der Waals surface area contributed by atoms with Crippen molar-refractivity contribution in [2.24, 2.45) is 0 Å². The summed E-state index contributed by atoms with van der Waals surface area (Å²) in [6.07, 6.45) is 10.00. The lowest BCUT2D eigenvalue weighted by Crippen LogP contribution is -2.30. The van der Waals surface area contributed by atoms with Crippen molar-refractivity contribution in [3.8, 4) is 11.3 Å². The van der Waals surface area contributed by atoms with Crippen molar-refractivity contribution in [1.29, 1.82) is 0 Å². The number of anilines is 1. The molecule has 29 heavy (non-hydrogen) atoms. The Kier molecular flexibility index (Phi) is 4.81. The van der Waals surface area contributed by atoms with Crippen LogP contribution in [0, 0.1) is 0 Å². The normalized spacial score (nSPS) is 19.8. The Labute approximate surface area is 172 Å². The zero-order chi connectivity index (χ0) is 19.8. The van der Waals surface area contributed by atoms with E-state index in [0.717, 1.165) is 54.6 Å². The van der Waals surface area contributed by atoms with Crippen LogP contribution in [0.15, 0.2) is 30.7 Å². The van der Waals surface area contributed by atoms with Crippen LogP contribution >= 0.6 is 11.6 Å². The highest BCUT2D eigenvalue weighted by atomic mass is 35.5. The number of aromatic nitrogens is 6. The fraction of sp³-hybridized carbons (Fsp3) is 0.400. The molecule has 4 heterocycles. The molecular weight excluding hydrogens is 390 g/mol. The molecule has 0 spiro atoms. The third-order valence-electron chi connectivity index (χ3n) is 5.44. The van der Waals surface area contributed by atoms with Gasteiger partial charge in [0.1, 0.15) is 5.65 Å². The van der Waals surface area contributed by atoms with Crippen molar-refractivity contribution in [3.05, 3.63) is 35.9 Å². The molecular formula is C20H22ClN7O. The first-order valence-corrected chi connectivity index (χ1v) is 10.3. The molecule has 4 aromatic rings. The van der Waals surface area contributed by atoms with E-state index in [1.807, 2.05) is 24.5 Å².